The van der Waals surface area contributed by atoms with Crippen molar-refractivity contribution in [3.63, 3.8) is 0 Å². The fourth-order valence-corrected chi connectivity index (χ4v) is 3.47. The Hall–Kier alpha value is -1.80. The van der Waals surface area contributed by atoms with Crippen LogP contribution in [0.15, 0.2) is 53.4 Å². The fraction of sp³-hybridized carbons (Fsp3) is 0.111. The second-order valence-corrected chi connectivity index (χ2v) is 7.60. The van der Waals surface area contributed by atoms with Crippen LogP contribution in [0.1, 0.15) is 11.1 Å². The summed E-state index contributed by atoms with van der Waals surface area (Å²) in [5.74, 6) is -0.260. The van der Waals surface area contributed by atoms with Gasteiger partial charge in [0.25, 0.3) is 11.1 Å². The van der Waals surface area contributed by atoms with Crippen molar-refractivity contribution in [3.05, 3.63) is 68.1 Å². The number of nitrogens with one attached hydrogen (secondary N) is 1. The monoisotopic (exact) mass is 450 g/mol. The third-order valence-electron chi connectivity index (χ3n) is 3.50. The van der Waals surface area contributed by atoms with Crippen molar-refractivity contribution in [2.45, 2.75) is 6.92 Å². The Kier molecular flexibility index (Phi) is 5.25. The van der Waals surface area contributed by atoms with Crippen LogP contribution < -0.4 is 5.32 Å². The number of halogens is 1. The van der Waals surface area contributed by atoms with E-state index in [0.29, 0.717) is 4.91 Å². The van der Waals surface area contributed by atoms with Crippen LogP contribution in [0.2, 0.25) is 0 Å². The zero-order valence-corrected chi connectivity index (χ0v) is 15.9. The Bertz CT molecular complexity index is 818. The first-order chi connectivity index (χ1) is 11.5. The molecule has 0 bridgehead atoms. The highest BCUT2D eigenvalue weighted by Gasteiger charge is 2.34. The van der Waals surface area contributed by atoms with E-state index in [4.69, 9.17) is 0 Å². The second kappa shape index (κ2) is 7.40. The first-order valence-electron chi connectivity index (χ1n) is 7.34. The molecular weight excluding hydrogens is 435 g/mol. The number of carbonyl (C=O) groups is 2. The average molecular weight is 450 g/mol. The number of amides is 2. The van der Waals surface area contributed by atoms with Gasteiger partial charge in [0.1, 0.15) is 0 Å². The fourth-order valence-electron chi connectivity index (χ4n) is 2.27. The third-order valence-corrected chi connectivity index (χ3v) is 5.13. The SMILES string of the molecule is Cc1cccc(NCN2C(=O)SC(=Cc3ccc(I)cc3)C2=O)c1. The van der Waals surface area contributed by atoms with Crippen molar-refractivity contribution in [1.82, 2.24) is 4.90 Å². The molecule has 122 valence electrons. The first kappa shape index (κ1) is 17.0. The number of aryl methyl sites for hydroxylation is 1. The van der Waals surface area contributed by atoms with E-state index < -0.39 is 0 Å². The van der Waals surface area contributed by atoms with E-state index >= 15 is 0 Å². The van der Waals surface area contributed by atoms with E-state index in [1.54, 1.807) is 6.08 Å². The number of rotatable bonds is 4. The summed E-state index contributed by atoms with van der Waals surface area (Å²) in [5.41, 5.74) is 2.91. The van der Waals surface area contributed by atoms with Gasteiger partial charge in [0.2, 0.25) is 0 Å². The maximum Gasteiger partial charge on any atom is 0.295 e. The standard InChI is InChI=1S/C18H15IN2O2S/c1-12-3-2-4-15(9-12)20-11-21-17(22)16(24-18(21)23)10-13-5-7-14(19)8-6-13/h2-10,20H,11H2,1H3. The molecule has 4 nitrogen and oxygen atoms in total. The summed E-state index contributed by atoms with van der Waals surface area (Å²) in [5, 5.41) is 2.87. The molecule has 0 radical (unpaired) electrons. The number of nitrogens with zero attached hydrogens (tertiary/aromatic N) is 1. The molecule has 0 unspecified atom stereocenters. The zero-order valence-electron chi connectivity index (χ0n) is 13.0. The average Bonchev–Trinajstić information content (AvgIpc) is 2.82. The molecule has 2 aromatic rings. The van der Waals surface area contributed by atoms with Crippen molar-refractivity contribution in [2.24, 2.45) is 0 Å². The van der Waals surface area contributed by atoms with Crippen LogP contribution in [0.25, 0.3) is 6.08 Å². The van der Waals surface area contributed by atoms with Gasteiger partial charge in [-0.25, -0.2) is 0 Å². The Morgan fingerprint density at radius 2 is 1.92 bits per heavy atom. The molecule has 1 aliphatic heterocycles. The Labute approximate surface area is 158 Å². The normalized spacial score (nSPS) is 16.1. The predicted molar refractivity (Wildman–Crippen MR) is 107 cm³/mol. The van der Waals surface area contributed by atoms with Gasteiger partial charge < -0.3 is 5.32 Å². The number of anilines is 1. The predicted octanol–water partition coefficient (Wildman–Crippen LogP) is 4.71. The molecule has 0 spiro atoms. The van der Waals surface area contributed by atoms with Crippen molar-refractivity contribution in [3.8, 4) is 0 Å². The molecule has 6 heteroatoms. The summed E-state index contributed by atoms with van der Waals surface area (Å²) in [6, 6.07) is 15.6. The molecular formula is C18H15IN2O2S. The molecule has 3 rings (SSSR count). The minimum Gasteiger partial charge on any atom is -0.367 e. The van der Waals surface area contributed by atoms with Crippen LogP contribution in [0.3, 0.4) is 0 Å². The number of hydrogen-bond acceptors (Lipinski definition) is 4. The van der Waals surface area contributed by atoms with E-state index in [1.165, 1.54) is 4.90 Å². The largest absolute Gasteiger partial charge is 0.367 e. The van der Waals surface area contributed by atoms with Crippen molar-refractivity contribution < 1.29 is 9.59 Å². The highest BCUT2D eigenvalue weighted by Crippen LogP contribution is 2.32. The van der Waals surface area contributed by atoms with E-state index in [1.807, 2.05) is 55.5 Å². The van der Waals surface area contributed by atoms with Crippen molar-refractivity contribution in [1.29, 1.82) is 0 Å². The summed E-state index contributed by atoms with van der Waals surface area (Å²) in [7, 11) is 0. The maximum atomic E-state index is 12.4. The molecule has 0 aromatic heterocycles. The Balaban J connectivity index is 1.71. The van der Waals surface area contributed by atoms with Gasteiger partial charge >= 0.3 is 0 Å². The van der Waals surface area contributed by atoms with Gasteiger partial charge in [0.05, 0.1) is 11.6 Å². The van der Waals surface area contributed by atoms with Crippen LogP contribution >= 0.6 is 34.4 Å². The molecule has 0 aliphatic carbocycles. The third kappa shape index (κ3) is 3.99. The van der Waals surface area contributed by atoms with Crippen LogP contribution in [0, 0.1) is 10.5 Å². The molecule has 1 aliphatic rings. The highest BCUT2D eigenvalue weighted by atomic mass is 127. The van der Waals surface area contributed by atoms with Gasteiger partial charge in [-0.3, -0.25) is 14.5 Å². The van der Waals surface area contributed by atoms with Crippen LogP contribution in [0.5, 0.6) is 0 Å². The van der Waals surface area contributed by atoms with E-state index in [9.17, 15) is 9.59 Å². The minimum absolute atomic E-state index is 0.165. The highest BCUT2D eigenvalue weighted by molar-refractivity contribution is 14.1. The first-order valence-corrected chi connectivity index (χ1v) is 9.24. The Morgan fingerprint density at radius 1 is 1.17 bits per heavy atom. The zero-order chi connectivity index (χ0) is 17.1. The van der Waals surface area contributed by atoms with Gasteiger partial charge in [0.15, 0.2) is 0 Å². The molecule has 2 aromatic carbocycles. The summed E-state index contributed by atoms with van der Waals surface area (Å²) in [6.45, 7) is 2.16. The summed E-state index contributed by atoms with van der Waals surface area (Å²) < 4.78 is 1.13. The quantitative estimate of drug-likeness (QED) is 0.542. The van der Waals surface area contributed by atoms with Gasteiger partial charge in [-0.1, -0.05) is 24.3 Å². The van der Waals surface area contributed by atoms with Gasteiger partial charge in [-0.15, -0.1) is 0 Å². The molecule has 0 atom stereocenters. The number of imide groups is 1. The lowest BCUT2D eigenvalue weighted by molar-refractivity contribution is -0.122. The smallest absolute Gasteiger partial charge is 0.295 e. The van der Waals surface area contributed by atoms with Crippen molar-refractivity contribution >= 4 is 57.3 Å². The number of hydrogen-bond donors (Lipinski definition) is 1. The van der Waals surface area contributed by atoms with Crippen LogP contribution in [-0.2, 0) is 4.79 Å². The van der Waals surface area contributed by atoms with E-state index in [-0.39, 0.29) is 17.8 Å². The van der Waals surface area contributed by atoms with Gasteiger partial charge in [0, 0.05) is 9.26 Å². The molecule has 1 N–H and O–H groups in total. The number of carbonyl (C=O) groups excluding carboxylic acids is 2. The molecule has 24 heavy (non-hydrogen) atoms. The van der Waals surface area contributed by atoms with Crippen LogP contribution in [0.4, 0.5) is 10.5 Å². The lowest BCUT2D eigenvalue weighted by Gasteiger charge is -2.14. The molecule has 2 amide bonds. The molecule has 0 saturated carbocycles. The summed E-state index contributed by atoms with van der Waals surface area (Å²) >= 11 is 3.20. The molecule has 1 heterocycles. The lowest BCUT2D eigenvalue weighted by Crippen LogP contribution is -2.33. The van der Waals surface area contributed by atoms with Crippen molar-refractivity contribution in [2.75, 3.05) is 12.0 Å². The van der Waals surface area contributed by atoms with Gasteiger partial charge in [-0.05, 0) is 82.7 Å². The summed E-state index contributed by atoms with van der Waals surface area (Å²) in [4.78, 5) is 26.2. The maximum absolute atomic E-state index is 12.4. The van der Waals surface area contributed by atoms with E-state index in [0.717, 1.165) is 32.1 Å². The molecule has 1 saturated heterocycles. The lowest BCUT2D eigenvalue weighted by atomic mass is 10.2. The second-order valence-electron chi connectivity index (χ2n) is 5.37. The number of thioether (sulfide) groups is 1. The summed E-state index contributed by atoms with van der Waals surface area (Å²) in [6.07, 6.45) is 1.76. The Morgan fingerprint density at radius 3 is 2.62 bits per heavy atom. The topological polar surface area (TPSA) is 49.4 Å². The molecule has 1 fully saturated rings. The minimum atomic E-state index is -0.260. The number of benzene rings is 2. The van der Waals surface area contributed by atoms with E-state index in [2.05, 4.69) is 27.9 Å². The van der Waals surface area contributed by atoms with Crippen LogP contribution in [-0.4, -0.2) is 22.7 Å². The van der Waals surface area contributed by atoms with Gasteiger partial charge in [-0.2, -0.15) is 0 Å².